The monoisotopic (exact) mass is 372 g/mol. The van der Waals surface area contributed by atoms with Crippen LogP contribution in [0.3, 0.4) is 0 Å². The number of benzene rings is 1. The second-order valence-electron chi connectivity index (χ2n) is 6.24. The second-order valence-corrected chi connectivity index (χ2v) is 6.24. The lowest BCUT2D eigenvalue weighted by molar-refractivity contribution is -0.157. The molecule has 1 aromatic heterocycles. The Labute approximate surface area is 154 Å². The zero-order valence-electron chi connectivity index (χ0n) is 14.9. The van der Waals surface area contributed by atoms with E-state index >= 15 is 0 Å². The van der Waals surface area contributed by atoms with Crippen LogP contribution in [0.5, 0.6) is 0 Å². The summed E-state index contributed by atoms with van der Waals surface area (Å²) < 4.78 is 5.10. The minimum absolute atomic E-state index is 0.0698. The third-order valence-electron chi connectivity index (χ3n) is 4.24. The Kier molecular flexibility index (Phi) is 5.49. The van der Waals surface area contributed by atoms with Gasteiger partial charge >= 0.3 is 12.0 Å². The van der Waals surface area contributed by atoms with E-state index in [1.54, 1.807) is 24.3 Å². The molecule has 2 aromatic rings. The van der Waals surface area contributed by atoms with Gasteiger partial charge in [-0.05, 0) is 25.5 Å². The van der Waals surface area contributed by atoms with Crippen LogP contribution in [0, 0.1) is 0 Å². The number of hydrogen-bond donors (Lipinski definition) is 2. The summed E-state index contributed by atoms with van der Waals surface area (Å²) in [6.07, 6.45) is -0.155. The first-order valence-corrected chi connectivity index (χ1v) is 8.72. The molecule has 1 atom stereocenters. The van der Waals surface area contributed by atoms with Gasteiger partial charge < -0.3 is 15.0 Å². The maximum absolute atomic E-state index is 12.1. The van der Waals surface area contributed by atoms with E-state index in [0.29, 0.717) is 36.1 Å². The molecule has 1 saturated heterocycles. The van der Waals surface area contributed by atoms with Crippen molar-refractivity contribution >= 4 is 28.8 Å². The van der Waals surface area contributed by atoms with Crippen LogP contribution in [0.2, 0.25) is 0 Å². The number of hydrogen-bond acceptors (Lipinski definition) is 6. The topological polar surface area (TPSA) is 121 Å². The van der Waals surface area contributed by atoms with Gasteiger partial charge in [-0.15, -0.1) is 0 Å². The van der Waals surface area contributed by atoms with E-state index in [1.165, 1.54) is 6.92 Å². The third-order valence-corrected chi connectivity index (χ3v) is 4.24. The van der Waals surface area contributed by atoms with Gasteiger partial charge in [-0.2, -0.15) is 0 Å². The number of fused-ring (bicyclic) bond motifs is 1. The van der Waals surface area contributed by atoms with Crippen LogP contribution in [-0.4, -0.2) is 52.0 Å². The van der Waals surface area contributed by atoms with Gasteiger partial charge in [0.25, 0.3) is 11.5 Å². The Morgan fingerprint density at radius 3 is 2.81 bits per heavy atom. The summed E-state index contributed by atoms with van der Waals surface area (Å²) >= 11 is 0. The van der Waals surface area contributed by atoms with Crippen molar-refractivity contribution < 1.29 is 19.1 Å². The number of carbonyl (C=O) groups excluding carboxylic acids is 3. The number of carbonyl (C=O) groups is 3. The Bertz CT molecular complexity index is 939. The summed E-state index contributed by atoms with van der Waals surface area (Å²) in [5.74, 6) is -0.596. The average molecular weight is 372 g/mol. The molecule has 0 saturated carbocycles. The highest BCUT2D eigenvalue weighted by molar-refractivity contribution is 5.98. The maximum Gasteiger partial charge on any atom is 0.324 e. The summed E-state index contributed by atoms with van der Waals surface area (Å²) in [5, 5.41) is 3.03. The molecule has 9 heteroatoms. The summed E-state index contributed by atoms with van der Waals surface area (Å²) in [6.45, 7) is 2.09. The van der Waals surface area contributed by atoms with Crippen LogP contribution >= 0.6 is 0 Å². The molecule has 2 heterocycles. The first-order valence-electron chi connectivity index (χ1n) is 8.72. The lowest BCUT2D eigenvalue weighted by Crippen LogP contribution is -2.41. The molecule has 142 valence electrons. The lowest BCUT2D eigenvalue weighted by atomic mass is 10.2. The van der Waals surface area contributed by atoms with E-state index in [4.69, 9.17) is 4.74 Å². The van der Waals surface area contributed by atoms with E-state index in [1.807, 2.05) is 0 Å². The number of para-hydroxylation sites is 1. The minimum atomic E-state index is -1.03. The molecular formula is C18H20N4O5. The molecule has 1 aromatic carbocycles. The molecule has 1 aliphatic rings. The van der Waals surface area contributed by atoms with Gasteiger partial charge in [0.05, 0.1) is 10.9 Å². The largest absolute Gasteiger partial charge is 0.453 e. The highest BCUT2D eigenvalue weighted by Gasteiger charge is 2.31. The van der Waals surface area contributed by atoms with Crippen molar-refractivity contribution in [1.29, 1.82) is 0 Å². The first-order chi connectivity index (χ1) is 13.0. The highest BCUT2D eigenvalue weighted by Crippen LogP contribution is 2.09. The van der Waals surface area contributed by atoms with Crippen LogP contribution in [0.1, 0.15) is 25.6 Å². The number of esters is 1. The Morgan fingerprint density at radius 1 is 1.30 bits per heavy atom. The number of aryl methyl sites for hydroxylation is 1. The van der Waals surface area contributed by atoms with Crippen molar-refractivity contribution in [1.82, 2.24) is 20.2 Å². The number of ether oxygens (including phenoxy) is 1. The predicted molar refractivity (Wildman–Crippen MR) is 96.0 cm³/mol. The number of rotatable bonds is 6. The number of nitrogens with one attached hydrogen (secondary N) is 2. The van der Waals surface area contributed by atoms with E-state index in [2.05, 4.69) is 15.3 Å². The molecule has 9 nitrogen and oxygen atoms in total. The highest BCUT2D eigenvalue weighted by atomic mass is 16.5. The number of H-pyrrole nitrogens is 1. The molecule has 0 radical (unpaired) electrons. The standard InChI is InChI=1S/C18H20N4O5/c1-11(17(25)22-10-9-19-18(22)26)27-15(23)8-4-7-14-20-13-6-3-2-5-12(13)16(24)21-14/h2-3,5-6,11H,4,7-10H2,1H3,(H,19,26)(H,20,21,24)/t11-/m0/s1. The quantitative estimate of drug-likeness (QED) is 0.721. The number of urea groups is 1. The van der Waals surface area contributed by atoms with Gasteiger partial charge in [0.2, 0.25) is 0 Å². The average Bonchev–Trinajstić information content (AvgIpc) is 3.07. The molecule has 2 N–H and O–H groups in total. The summed E-state index contributed by atoms with van der Waals surface area (Å²) in [6, 6.07) is 6.54. The Morgan fingerprint density at radius 2 is 2.07 bits per heavy atom. The summed E-state index contributed by atoms with van der Waals surface area (Å²) in [5.41, 5.74) is 0.378. The van der Waals surface area contributed by atoms with Gasteiger partial charge in [0.15, 0.2) is 6.10 Å². The Hall–Kier alpha value is -3.23. The van der Waals surface area contributed by atoms with Gasteiger partial charge in [-0.1, -0.05) is 12.1 Å². The zero-order chi connectivity index (χ0) is 19.4. The number of nitrogens with zero attached hydrogens (tertiary/aromatic N) is 2. The van der Waals surface area contributed by atoms with E-state index in [9.17, 15) is 19.2 Å². The predicted octanol–water partition coefficient (Wildman–Crippen LogP) is 0.729. The molecule has 1 fully saturated rings. The van der Waals surface area contributed by atoms with Crippen molar-refractivity contribution in [2.45, 2.75) is 32.3 Å². The molecule has 0 unspecified atom stereocenters. The SMILES string of the molecule is C[C@H](OC(=O)CCCc1nc2ccccc2c(=O)[nH]1)C(=O)N1CCNC1=O. The number of aromatic amines is 1. The van der Waals surface area contributed by atoms with E-state index in [-0.39, 0.29) is 18.5 Å². The van der Waals surface area contributed by atoms with Gasteiger partial charge in [0, 0.05) is 25.9 Å². The number of imide groups is 1. The summed E-state index contributed by atoms with van der Waals surface area (Å²) in [4.78, 5) is 55.6. The van der Waals surface area contributed by atoms with Crippen molar-refractivity contribution in [3.05, 3.63) is 40.4 Å². The lowest BCUT2D eigenvalue weighted by Gasteiger charge is -2.18. The third kappa shape index (κ3) is 4.30. The fourth-order valence-corrected chi connectivity index (χ4v) is 2.86. The van der Waals surface area contributed by atoms with Crippen molar-refractivity contribution in [3.8, 4) is 0 Å². The molecule has 1 aliphatic heterocycles. The minimum Gasteiger partial charge on any atom is -0.453 e. The molecular weight excluding hydrogens is 352 g/mol. The molecule has 3 rings (SSSR count). The molecule has 3 amide bonds. The molecule has 0 spiro atoms. The fraction of sp³-hybridized carbons (Fsp3) is 0.389. The Balaban J connectivity index is 1.50. The van der Waals surface area contributed by atoms with Crippen LogP contribution < -0.4 is 10.9 Å². The maximum atomic E-state index is 12.1. The van der Waals surface area contributed by atoms with Crippen molar-refractivity contribution in [2.75, 3.05) is 13.1 Å². The van der Waals surface area contributed by atoms with E-state index < -0.39 is 24.0 Å². The number of aromatic nitrogens is 2. The fourth-order valence-electron chi connectivity index (χ4n) is 2.86. The van der Waals surface area contributed by atoms with Crippen LogP contribution in [0.15, 0.2) is 29.1 Å². The smallest absolute Gasteiger partial charge is 0.324 e. The van der Waals surface area contributed by atoms with Crippen molar-refractivity contribution in [2.24, 2.45) is 0 Å². The van der Waals surface area contributed by atoms with Crippen LogP contribution in [-0.2, 0) is 20.7 Å². The molecule has 27 heavy (non-hydrogen) atoms. The van der Waals surface area contributed by atoms with Crippen LogP contribution in [0.25, 0.3) is 10.9 Å². The van der Waals surface area contributed by atoms with Gasteiger partial charge in [-0.25, -0.2) is 9.78 Å². The molecule has 0 bridgehead atoms. The second kappa shape index (κ2) is 7.98. The molecule has 0 aliphatic carbocycles. The first kappa shape index (κ1) is 18.6. The normalized spacial score (nSPS) is 14.9. The zero-order valence-corrected chi connectivity index (χ0v) is 14.9. The number of amides is 3. The van der Waals surface area contributed by atoms with Gasteiger partial charge in [-0.3, -0.25) is 19.3 Å². The van der Waals surface area contributed by atoms with E-state index in [0.717, 1.165) is 4.90 Å². The van der Waals surface area contributed by atoms with Crippen LogP contribution in [0.4, 0.5) is 4.79 Å². The van der Waals surface area contributed by atoms with Gasteiger partial charge in [0.1, 0.15) is 5.82 Å². The summed E-state index contributed by atoms with van der Waals surface area (Å²) in [7, 11) is 0. The van der Waals surface area contributed by atoms with Crippen molar-refractivity contribution in [3.63, 3.8) is 0 Å².